The zero-order chi connectivity index (χ0) is 4.28. The minimum Gasteiger partial charge on any atom is -0.500 e. The maximum Gasteiger partial charge on any atom is 0.229 e. The normalized spacial score (nSPS) is 11.6. The molecule has 0 amide bonds. The largest absolute Gasteiger partial charge is 0.500 e. The molecule has 0 atom stereocenters. The van der Waals surface area contributed by atoms with Gasteiger partial charge in [0.25, 0.3) is 0 Å². The van der Waals surface area contributed by atoms with Crippen molar-refractivity contribution in [2.75, 3.05) is 0 Å². The molecular formula is C2H4NO2. The summed E-state index contributed by atoms with van der Waals surface area (Å²) in [5.41, 5.74) is 4.40. The van der Waals surface area contributed by atoms with Crippen LogP contribution in [0.2, 0.25) is 0 Å². The van der Waals surface area contributed by atoms with Crippen molar-refractivity contribution in [1.29, 1.82) is 0 Å². The molecule has 0 aromatic heterocycles. The first-order valence-electron chi connectivity index (χ1n) is 0.986. The zero-order valence-electron chi connectivity index (χ0n) is 2.47. The molecule has 5 heavy (non-hydrogen) atoms. The van der Waals surface area contributed by atoms with Gasteiger partial charge in [-0.05, 0) is 0 Å². The Labute approximate surface area is 29.3 Å². The number of hydrogen-bond donors (Lipinski definition) is 3. The van der Waals surface area contributed by atoms with E-state index >= 15 is 0 Å². The average molecular weight is 74.1 g/mol. The Bertz CT molecular complexity index is 45.6. The monoisotopic (exact) mass is 74.0 g/mol. The summed E-state index contributed by atoms with van der Waals surface area (Å²) in [4.78, 5) is 0. The summed E-state index contributed by atoms with van der Waals surface area (Å²) in [7, 11) is 0. The van der Waals surface area contributed by atoms with Crippen molar-refractivity contribution in [3.63, 3.8) is 0 Å². The first kappa shape index (κ1) is 4.14. The third kappa shape index (κ3) is 3.14. The number of aliphatic hydroxyl groups is 2. The number of hydrogen-bond acceptors (Lipinski definition) is 3. The van der Waals surface area contributed by atoms with Crippen LogP contribution < -0.4 is 5.73 Å². The molecular weight excluding hydrogens is 70.0 g/mol. The van der Waals surface area contributed by atoms with E-state index in [0.29, 0.717) is 0 Å². The van der Waals surface area contributed by atoms with Gasteiger partial charge in [-0.3, -0.25) is 0 Å². The zero-order valence-corrected chi connectivity index (χ0v) is 2.47. The van der Waals surface area contributed by atoms with Crippen LogP contribution in [-0.4, -0.2) is 10.2 Å². The van der Waals surface area contributed by atoms with E-state index in [-0.39, 0.29) is 0 Å². The van der Waals surface area contributed by atoms with Gasteiger partial charge in [0.15, 0.2) is 0 Å². The van der Waals surface area contributed by atoms with E-state index in [2.05, 4.69) is 5.73 Å². The summed E-state index contributed by atoms with van der Waals surface area (Å²) >= 11 is 0. The van der Waals surface area contributed by atoms with Crippen molar-refractivity contribution in [3.05, 3.63) is 12.1 Å². The summed E-state index contributed by atoms with van der Waals surface area (Å²) < 4.78 is 0. The molecule has 4 N–H and O–H groups in total. The Morgan fingerprint density at radius 3 is 2.00 bits per heavy atom. The van der Waals surface area contributed by atoms with Crippen LogP contribution in [0.3, 0.4) is 0 Å². The summed E-state index contributed by atoms with van der Waals surface area (Å²) in [5, 5.41) is 15.2. The van der Waals surface area contributed by atoms with Crippen LogP contribution in [0.25, 0.3) is 0 Å². The average Bonchev–Trinajstić information content (AvgIpc) is 1.38. The fraction of sp³-hybridized carbons (Fsp3) is 0. The van der Waals surface area contributed by atoms with E-state index in [1.807, 2.05) is 0 Å². The first-order valence-corrected chi connectivity index (χ1v) is 0.986. The molecule has 0 aliphatic carbocycles. The Kier molecular flexibility index (Phi) is 1.21. The summed E-state index contributed by atoms with van der Waals surface area (Å²) in [6, 6.07) is 0. The molecule has 0 aliphatic rings. The fourth-order valence-electron chi connectivity index (χ4n) is 0. The lowest BCUT2D eigenvalue weighted by Gasteiger charge is -1.74. The van der Waals surface area contributed by atoms with Crippen LogP contribution in [-0.2, 0) is 0 Å². The molecule has 0 aliphatic heterocycles. The molecule has 0 aromatic rings. The van der Waals surface area contributed by atoms with Crippen LogP contribution in [0.4, 0.5) is 0 Å². The smallest absolute Gasteiger partial charge is 0.229 e. The molecule has 0 fully saturated rings. The van der Waals surface area contributed by atoms with E-state index in [9.17, 15) is 0 Å². The molecule has 0 unspecified atom stereocenters. The molecule has 0 heterocycles. The van der Waals surface area contributed by atoms with Crippen LogP contribution in [0, 0.1) is 6.26 Å². The predicted octanol–water partition coefficient (Wildman–Crippen LogP) is -0.337. The topological polar surface area (TPSA) is 66.5 Å². The predicted molar refractivity (Wildman–Crippen MR) is 16.2 cm³/mol. The number of aliphatic hydroxyl groups excluding tert-OH is 2. The van der Waals surface area contributed by atoms with Gasteiger partial charge in [0.1, 0.15) is 0 Å². The number of rotatable bonds is 0. The third-order valence-electron chi connectivity index (χ3n) is 0.115. The Hall–Kier alpha value is -0.860. The van der Waals surface area contributed by atoms with Crippen molar-refractivity contribution in [3.8, 4) is 0 Å². The molecule has 0 aromatic carbocycles. The van der Waals surface area contributed by atoms with Gasteiger partial charge in [-0.25, -0.2) is 0 Å². The highest BCUT2D eigenvalue weighted by molar-refractivity contribution is 4.64. The van der Waals surface area contributed by atoms with Crippen LogP contribution in [0.1, 0.15) is 0 Å². The molecule has 0 spiro atoms. The Balaban J connectivity index is 3.14. The molecule has 1 radical (unpaired) electrons. The van der Waals surface area contributed by atoms with E-state index in [0.717, 1.165) is 0 Å². The van der Waals surface area contributed by atoms with Crippen molar-refractivity contribution in [1.82, 2.24) is 0 Å². The third-order valence-corrected chi connectivity index (χ3v) is 0.115. The standard InChI is InChI=1S/C2H4NO2/c3-2(5)1-4/h4-5H,3H2. The van der Waals surface area contributed by atoms with Crippen molar-refractivity contribution >= 4 is 0 Å². The maximum absolute atomic E-state index is 7.69. The molecule has 3 heteroatoms. The molecule has 0 saturated heterocycles. The van der Waals surface area contributed by atoms with Gasteiger partial charge in [0.2, 0.25) is 12.1 Å². The lowest BCUT2D eigenvalue weighted by Crippen LogP contribution is -1.92. The minimum absolute atomic E-state index is 0.690. The molecule has 0 bridgehead atoms. The fourth-order valence-corrected chi connectivity index (χ4v) is 0. The molecule has 3 nitrogen and oxygen atoms in total. The van der Waals surface area contributed by atoms with Gasteiger partial charge in [0, 0.05) is 0 Å². The molecule has 29 valence electrons. The minimum atomic E-state index is -0.690. The van der Waals surface area contributed by atoms with Gasteiger partial charge in [0.05, 0.1) is 0 Å². The van der Waals surface area contributed by atoms with Gasteiger partial charge in [-0.2, -0.15) is 0 Å². The van der Waals surface area contributed by atoms with Crippen molar-refractivity contribution < 1.29 is 10.2 Å². The highest BCUT2D eigenvalue weighted by Crippen LogP contribution is 1.59. The summed E-state index contributed by atoms with van der Waals surface area (Å²) in [6.45, 7) is 0. The van der Waals surface area contributed by atoms with Gasteiger partial charge in [-0.15, -0.1) is 0 Å². The van der Waals surface area contributed by atoms with Gasteiger partial charge < -0.3 is 15.9 Å². The second-order valence-corrected chi connectivity index (χ2v) is 0.497. The van der Waals surface area contributed by atoms with Crippen LogP contribution in [0.5, 0.6) is 0 Å². The first-order chi connectivity index (χ1) is 2.27. The van der Waals surface area contributed by atoms with Crippen LogP contribution in [0.15, 0.2) is 5.88 Å². The number of nitrogens with two attached hydrogens (primary N) is 1. The second kappa shape index (κ2) is 1.46. The quantitative estimate of drug-likeness (QED) is 0.344. The summed E-state index contributed by atoms with van der Waals surface area (Å²) in [5.74, 6) is -0.690. The SMILES string of the molecule is NC(O)=[C]O. The molecule has 0 saturated carbocycles. The van der Waals surface area contributed by atoms with E-state index in [1.165, 1.54) is 6.26 Å². The maximum atomic E-state index is 7.69. The van der Waals surface area contributed by atoms with E-state index < -0.39 is 5.88 Å². The second-order valence-electron chi connectivity index (χ2n) is 0.497. The van der Waals surface area contributed by atoms with Crippen molar-refractivity contribution in [2.45, 2.75) is 0 Å². The molecule has 0 rings (SSSR count). The van der Waals surface area contributed by atoms with Crippen molar-refractivity contribution in [2.24, 2.45) is 5.73 Å². The lowest BCUT2D eigenvalue weighted by atomic mass is 10.9. The Morgan fingerprint density at radius 1 is 1.80 bits per heavy atom. The Morgan fingerprint density at radius 2 is 2.00 bits per heavy atom. The van der Waals surface area contributed by atoms with E-state index in [4.69, 9.17) is 10.2 Å². The summed E-state index contributed by atoms with van der Waals surface area (Å²) in [6.07, 6.45) is 1.28. The lowest BCUT2D eigenvalue weighted by molar-refractivity contribution is 0.339. The van der Waals surface area contributed by atoms with E-state index in [1.54, 1.807) is 0 Å². The highest BCUT2D eigenvalue weighted by Gasteiger charge is 1.68. The highest BCUT2D eigenvalue weighted by atomic mass is 16.3. The van der Waals surface area contributed by atoms with Gasteiger partial charge in [-0.1, -0.05) is 0 Å². The van der Waals surface area contributed by atoms with Gasteiger partial charge >= 0.3 is 0 Å². The van der Waals surface area contributed by atoms with Crippen LogP contribution >= 0.6 is 0 Å².